The molecule has 0 N–H and O–H groups in total. The number of ether oxygens (including phenoxy) is 1. The molecule has 0 aliphatic rings. The lowest BCUT2D eigenvalue weighted by Crippen LogP contribution is -2.25. The fourth-order valence-electron chi connectivity index (χ4n) is 2.63. The van der Waals surface area contributed by atoms with Gasteiger partial charge < -0.3 is 4.74 Å². The van der Waals surface area contributed by atoms with Crippen LogP contribution in [0.15, 0.2) is 58.5 Å². The van der Waals surface area contributed by atoms with Crippen LogP contribution in [-0.2, 0) is 0 Å². The molecule has 0 atom stereocenters. The van der Waals surface area contributed by atoms with E-state index in [1.54, 1.807) is 16.3 Å². The van der Waals surface area contributed by atoms with E-state index in [9.17, 15) is 4.79 Å². The molecule has 3 aromatic rings. The van der Waals surface area contributed by atoms with Crippen LogP contribution < -0.4 is 10.3 Å². The smallest absolute Gasteiger partial charge is 0.262 e. The highest BCUT2D eigenvalue weighted by Crippen LogP contribution is 2.22. The van der Waals surface area contributed by atoms with E-state index < -0.39 is 0 Å². The second kappa shape index (κ2) is 8.60. The summed E-state index contributed by atoms with van der Waals surface area (Å²) in [6.07, 6.45) is 0.855. The van der Waals surface area contributed by atoms with Crippen molar-refractivity contribution in [1.29, 1.82) is 0 Å². The van der Waals surface area contributed by atoms with Crippen molar-refractivity contribution in [2.45, 2.75) is 31.5 Å². The highest BCUT2D eigenvalue weighted by atomic mass is 35.5. The fourth-order valence-corrected chi connectivity index (χ4v) is 3.79. The monoisotopic (exact) mass is 388 g/mol. The zero-order valence-electron chi connectivity index (χ0n) is 14.8. The van der Waals surface area contributed by atoms with Crippen LogP contribution in [0.2, 0.25) is 5.02 Å². The van der Waals surface area contributed by atoms with Gasteiger partial charge in [-0.2, -0.15) is 0 Å². The number of fused-ring (bicyclic) bond motifs is 1. The summed E-state index contributed by atoms with van der Waals surface area (Å²) in [5.41, 5.74) is 0.764. The molecule has 2 aromatic carbocycles. The summed E-state index contributed by atoms with van der Waals surface area (Å²) in [5, 5.41) is 2.12. The lowest BCUT2D eigenvalue weighted by Gasteiger charge is -2.16. The van der Waals surface area contributed by atoms with Crippen LogP contribution >= 0.6 is 23.4 Å². The van der Waals surface area contributed by atoms with E-state index in [0.29, 0.717) is 17.0 Å². The number of hydrogen-bond acceptors (Lipinski definition) is 4. The topological polar surface area (TPSA) is 44.1 Å². The van der Waals surface area contributed by atoms with Gasteiger partial charge in [0.2, 0.25) is 0 Å². The van der Waals surface area contributed by atoms with Gasteiger partial charge in [0.05, 0.1) is 17.5 Å². The molecule has 4 nitrogen and oxygen atoms in total. The first kappa shape index (κ1) is 18.8. The molecule has 0 spiro atoms. The third-order valence-corrected chi connectivity index (χ3v) is 5.18. The Bertz CT molecular complexity index is 939. The molecule has 3 rings (SSSR count). The Morgan fingerprint density at radius 3 is 2.62 bits per heavy atom. The Labute approximate surface area is 162 Å². The highest BCUT2D eigenvalue weighted by Gasteiger charge is 2.13. The molecule has 0 fully saturated rings. The standard InChI is InChI=1S/C20H21ClN2O2S/c1-14(2)23-19(24)17-6-3-4-7-18(17)22-20(23)26-13-5-12-25-16-10-8-15(21)9-11-16/h3-4,6-11,14H,5,12-13H2,1-2H3. The Balaban J connectivity index is 1.65. The predicted octanol–water partition coefficient (Wildman–Crippen LogP) is 5.19. The number of thioether (sulfide) groups is 1. The van der Waals surface area contributed by atoms with E-state index in [0.717, 1.165) is 28.6 Å². The molecule has 6 heteroatoms. The molecular weight excluding hydrogens is 368 g/mol. The molecular formula is C20H21ClN2O2S. The Hall–Kier alpha value is -1.98. The molecule has 1 heterocycles. The first-order valence-corrected chi connectivity index (χ1v) is 9.95. The van der Waals surface area contributed by atoms with Gasteiger partial charge in [-0.1, -0.05) is 35.5 Å². The number of halogens is 1. The normalized spacial score (nSPS) is 11.2. The molecule has 136 valence electrons. The summed E-state index contributed by atoms with van der Waals surface area (Å²) >= 11 is 7.46. The van der Waals surface area contributed by atoms with E-state index in [2.05, 4.69) is 0 Å². The van der Waals surface area contributed by atoms with Crippen LogP contribution in [-0.4, -0.2) is 21.9 Å². The molecule has 0 radical (unpaired) electrons. The first-order chi connectivity index (χ1) is 12.6. The third kappa shape index (κ3) is 4.40. The number of para-hydroxylation sites is 1. The van der Waals surface area contributed by atoms with Crippen LogP contribution in [0.3, 0.4) is 0 Å². The maximum atomic E-state index is 12.8. The van der Waals surface area contributed by atoms with Gasteiger partial charge in [0.25, 0.3) is 5.56 Å². The van der Waals surface area contributed by atoms with Crippen LogP contribution in [0.25, 0.3) is 10.9 Å². The van der Waals surface area contributed by atoms with E-state index >= 15 is 0 Å². The van der Waals surface area contributed by atoms with Crippen LogP contribution in [0, 0.1) is 0 Å². The highest BCUT2D eigenvalue weighted by molar-refractivity contribution is 7.99. The molecule has 26 heavy (non-hydrogen) atoms. The SMILES string of the molecule is CC(C)n1c(SCCCOc2ccc(Cl)cc2)nc2ccccc2c1=O. The van der Waals surface area contributed by atoms with E-state index in [4.69, 9.17) is 21.3 Å². The van der Waals surface area contributed by atoms with Crippen molar-refractivity contribution in [3.05, 3.63) is 63.9 Å². The average Bonchev–Trinajstić information content (AvgIpc) is 2.63. The number of aromatic nitrogens is 2. The molecule has 0 saturated heterocycles. The summed E-state index contributed by atoms with van der Waals surface area (Å²) in [5.74, 6) is 1.63. The fraction of sp³-hybridized carbons (Fsp3) is 0.300. The summed E-state index contributed by atoms with van der Waals surface area (Å²) in [4.78, 5) is 17.5. The lowest BCUT2D eigenvalue weighted by molar-refractivity contribution is 0.318. The van der Waals surface area contributed by atoms with Gasteiger partial charge in [0, 0.05) is 16.8 Å². The zero-order chi connectivity index (χ0) is 18.5. The van der Waals surface area contributed by atoms with E-state index in [1.165, 1.54) is 0 Å². The summed E-state index contributed by atoms with van der Waals surface area (Å²) in [6.45, 7) is 4.62. The van der Waals surface area contributed by atoms with Gasteiger partial charge >= 0.3 is 0 Å². The largest absolute Gasteiger partial charge is 0.494 e. The Morgan fingerprint density at radius 1 is 1.15 bits per heavy atom. The molecule has 0 unspecified atom stereocenters. The van der Waals surface area contributed by atoms with Crippen molar-refractivity contribution in [1.82, 2.24) is 9.55 Å². The van der Waals surface area contributed by atoms with E-state index in [1.807, 2.05) is 62.4 Å². The maximum absolute atomic E-state index is 12.8. The van der Waals surface area contributed by atoms with Gasteiger partial charge in [-0.15, -0.1) is 0 Å². The zero-order valence-corrected chi connectivity index (χ0v) is 16.4. The van der Waals surface area contributed by atoms with Crippen molar-refractivity contribution in [2.75, 3.05) is 12.4 Å². The minimum atomic E-state index is 0.0190. The second-order valence-electron chi connectivity index (χ2n) is 6.18. The van der Waals surface area contributed by atoms with Crippen molar-refractivity contribution >= 4 is 34.3 Å². The minimum absolute atomic E-state index is 0.0190. The summed E-state index contributed by atoms with van der Waals surface area (Å²) in [7, 11) is 0. The molecule has 0 saturated carbocycles. The Morgan fingerprint density at radius 2 is 1.88 bits per heavy atom. The number of nitrogens with zero attached hydrogens (tertiary/aromatic N) is 2. The van der Waals surface area contributed by atoms with Crippen molar-refractivity contribution < 1.29 is 4.74 Å². The molecule has 0 amide bonds. The second-order valence-corrected chi connectivity index (χ2v) is 7.68. The predicted molar refractivity (Wildman–Crippen MR) is 109 cm³/mol. The van der Waals surface area contributed by atoms with Crippen LogP contribution in [0.5, 0.6) is 5.75 Å². The maximum Gasteiger partial charge on any atom is 0.262 e. The van der Waals surface area contributed by atoms with Gasteiger partial charge in [0.1, 0.15) is 5.75 Å². The minimum Gasteiger partial charge on any atom is -0.494 e. The van der Waals surface area contributed by atoms with Gasteiger partial charge in [-0.05, 0) is 56.7 Å². The average molecular weight is 389 g/mol. The van der Waals surface area contributed by atoms with Crippen molar-refractivity contribution in [3.63, 3.8) is 0 Å². The number of hydrogen-bond donors (Lipinski definition) is 0. The third-order valence-electron chi connectivity index (χ3n) is 3.89. The molecule has 0 aliphatic carbocycles. The van der Waals surface area contributed by atoms with Crippen LogP contribution in [0.4, 0.5) is 0 Å². The number of rotatable bonds is 7. The molecule has 0 aliphatic heterocycles. The van der Waals surface area contributed by atoms with Gasteiger partial charge in [-0.25, -0.2) is 4.98 Å². The van der Waals surface area contributed by atoms with E-state index in [-0.39, 0.29) is 11.6 Å². The summed E-state index contributed by atoms with van der Waals surface area (Å²) < 4.78 is 7.48. The quantitative estimate of drug-likeness (QED) is 0.317. The van der Waals surface area contributed by atoms with Crippen molar-refractivity contribution in [3.8, 4) is 5.75 Å². The van der Waals surface area contributed by atoms with Gasteiger partial charge in [0.15, 0.2) is 5.16 Å². The molecule has 1 aromatic heterocycles. The van der Waals surface area contributed by atoms with Crippen molar-refractivity contribution in [2.24, 2.45) is 0 Å². The van der Waals surface area contributed by atoms with Crippen LogP contribution in [0.1, 0.15) is 26.3 Å². The lowest BCUT2D eigenvalue weighted by atomic mass is 10.2. The first-order valence-electron chi connectivity index (χ1n) is 8.58. The Kier molecular flexibility index (Phi) is 6.22. The summed E-state index contributed by atoms with van der Waals surface area (Å²) in [6, 6.07) is 14.9. The van der Waals surface area contributed by atoms with Gasteiger partial charge in [-0.3, -0.25) is 9.36 Å². The number of benzene rings is 2. The molecule has 0 bridgehead atoms.